The monoisotopic (exact) mass is 318 g/mol. The van der Waals surface area contributed by atoms with Crippen molar-refractivity contribution in [3.63, 3.8) is 0 Å². The summed E-state index contributed by atoms with van der Waals surface area (Å²) in [5.74, 6) is -0.0542. The van der Waals surface area contributed by atoms with Crippen LogP contribution in [0.25, 0.3) is 0 Å². The minimum Gasteiger partial charge on any atom is -0.350 e. The first-order valence-electron chi connectivity index (χ1n) is 9.13. The zero-order valence-electron chi connectivity index (χ0n) is 15.5. The first-order chi connectivity index (χ1) is 10.2. The van der Waals surface area contributed by atoms with Gasteiger partial charge in [-0.2, -0.15) is 0 Å². The number of carbonyl (C=O) groups excluding carboxylic acids is 1. The maximum Gasteiger partial charge on any atom is 0.243 e. The van der Waals surface area contributed by atoms with E-state index in [1.54, 1.807) is 0 Å². The quantitative estimate of drug-likeness (QED) is 0.245. The van der Waals surface area contributed by atoms with Crippen LogP contribution in [0.15, 0.2) is 12.7 Å². The Kier molecular flexibility index (Phi) is 21.4. The van der Waals surface area contributed by atoms with Gasteiger partial charge in [-0.3, -0.25) is 4.79 Å². The van der Waals surface area contributed by atoms with Crippen LogP contribution in [0, 0.1) is 0 Å². The van der Waals surface area contributed by atoms with E-state index in [9.17, 15) is 4.79 Å². The molecule has 0 aromatic heterocycles. The van der Waals surface area contributed by atoms with Gasteiger partial charge in [0.1, 0.15) is 0 Å². The molecule has 1 amide bonds. The van der Waals surface area contributed by atoms with E-state index in [-0.39, 0.29) is 41.5 Å². The van der Waals surface area contributed by atoms with Crippen LogP contribution in [0.2, 0.25) is 0 Å². The van der Waals surface area contributed by atoms with E-state index in [0.717, 1.165) is 6.42 Å². The van der Waals surface area contributed by atoms with Crippen LogP contribution in [-0.4, -0.2) is 41.5 Å². The molecular weight excluding hydrogens is 281 g/mol. The number of carbonyl (C=O) groups is 1. The van der Waals surface area contributed by atoms with Crippen molar-refractivity contribution >= 4 is 35.5 Å². The molecule has 1 N–H and O–H groups in total. The fourth-order valence-electron chi connectivity index (χ4n) is 2.67. The van der Waals surface area contributed by atoms with Crippen LogP contribution in [-0.2, 0) is 4.79 Å². The van der Waals surface area contributed by atoms with E-state index in [4.69, 9.17) is 0 Å². The maximum atomic E-state index is 11.1. The zero-order chi connectivity index (χ0) is 15.8. The van der Waals surface area contributed by atoms with Gasteiger partial charge in [0.05, 0.1) is 0 Å². The fourth-order valence-corrected chi connectivity index (χ4v) is 2.67. The van der Waals surface area contributed by atoms with Gasteiger partial charge in [-0.15, -0.1) is 0 Å². The summed E-state index contributed by atoms with van der Waals surface area (Å²) in [5, 5.41) is 2.91. The molecular formula is C19H37NNaO. The number of hydrogen-bond donors (Lipinski definition) is 1. The Bertz CT molecular complexity index is 256. The second-order valence-electron chi connectivity index (χ2n) is 6.29. The van der Waals surface area contributed by atoms with Gasteiger partial charge in [-0.25, -0.2) is 0 Å². The smallest absolute Gasteiger partial charge is 0.243 e. The Labute approximate surface area is 161 Å². The number of amides is 1. The first-order valence-corrected chi connectivity index (χ1v) is 9.13. The van der Waals surface area contributed by atoms with Crippen LogP contribution in [0.4, 0.5) is 0 Å². The molecule has 1 radical (unpaired) electrons. The molecule has 0 aromatic carbocycles. The Hall–Kier alpha value is 0.210. The standard InChI is InChI=1S/C19H37NO.Na/c1-4-6-7-8-9-10-11-12-13-14-15-16-17-18(3)20-19(21)5-2;/h5,18H,2,4,6-17H2,1,3H3,(H,20,21);. The van der Waals surface area contributed by atoms with Crippen LogP contribution < -0.4 is 5.32 Å². The van der Waals surface area contributed by atoms with E-state index in [0.29, 0.717) is 0 Å². The third-order valence-corrected chi connectivity index (χ3v) is 4.06. The van der Waals surface area contributed by atoms with Gasteiger partial charge < -0.3 is 5.32 Å². The van der Waals surface area contributed by atoms with Gasteiger partial charge >= 0.3 is 0 Å². The summed E-state index contributed by atoms with van der Waals surface area (Å²) in [6.07, 6.45) is 18.9. The van der Waals surface area contributed by atoms with Crippen LogP contribution in [0.1, 0.15) is 97.3 Å². The Balaban J connectivity index is 0. The maximum absolute atomic E-state index is 11.1. The summed E-state index contributed by atoms with van der Waals surface area (Å²) in [7, 11) is 0. The molecule has 0 rings (SSSR count). The van der Waals surface area contributed by atoms with Gasteiger partial charge in [-0.05, 0) is 19.4 Å². The van der Waals surface area contributed by atoms with Crippen LogP contribution in [0.3, 0.4) is 0 Å². The fraction of sp³-hybridized carbons (Fsp3) is 0.842. The number of hydrogen-bond acceptors (Lipinski definition) is 1. The third-order valence-electron chi connectivity index (χ3n) is 4.06. The predicted octanol–water partition coefficient (Wildman–Crippen LogP) is 5.39. The molecule has 0 spiro atoms. The molecule has 3 heteroatoms. The summed E-state index contributed by atoms with van der Waals surface area (Å²) in [4.78, 5) is 11.1. The molecule has 0 saturated carbocycles. The molecule has 125 valence electrons. The Morgan fingerprint density at radius 3 is 1.73 bits per heavy atom. The molecule has 0 bridgehead atoms. The molecule has 0 saturated heterocycles. The van der Waals surface area contributed by atoms with E-state index in [1.165, 1.54) is 83.1 Å². The van der Waals surface area contributed by atoms with Crippen LogP contribution in [0.5, 0.6) is 0 Å². The van der Waals surface area contributed by atoms with E-state index < -0.39 is 0 Å². The number of rotatable bonds is 15. The average Bonchev–Trinajstić information content (AvgIpc) is 2.48. The normalized spacial score (nSPS) is 11.5. The molecule has 22 heavy (non-hydrogen) atoms. The zero-order valence-corrected chi connectivity index (χ0v) is 17.5. The van der Waals surface area contributed by atoms with Crippen molar-refractivity contribution < 1.29 is 4.79 Å². The largest absolute Gasteiger partial charge is 0.350 e. The number of unbranched alkanes of at least 4 members (excludes halogenated alkanes) is 11. The van der Waals surface area contributed by atoms with Crippen molar-refractivity contribution in [2.75, 3.05) is 0 Å². The van der Waals surface area contributed by atoms with Crippen molar-refractivity contribution in [1.29, 1.82) is 0 Å². The Morgan fingerprint density at radius 2 is 1.32 bits per heavy atom. The summed E-state index contributed by atoms with van der Waals surface area (Å²) in [6.45, 7) is 7.81. The topological polar surface area (TPSA) is 29.1 Å². The molecule has 1 atom stereocenters. The molecule has 1 unspecified atom stereocenters. The molecule has 0 aromatic rings. The summed E-state index contributed by atoms with van der Waals surface area (Å²) in [5.41, 5.74) is 0. The molecule has 0 heterocycles. The molecule has 2 nitrogen and oxygen atoms in total. The van der Waals surface area contributed by atoms with Crippen molar-refractivity contribution in [3.05, 3.63) is 12.7 Å². The van der Waals surface area contributed by atoms with Crippen LogP contribution >= 0.6 is 0 Å². The SMILES string of the molecule is C=CC(=O)NC(C)CCCCCCCCCCCCCC.[Na]. The molecule has 0 fully saturated rings. The van der Waals surface area contributed by atoms with Crippen molar-refractivity contribution in [2.24, 2.45) is 0 Å². The molecule has 0 aliphatic rings. The van der Waals surface area contributed by atoms with E-state index >= 15 is 0 Å². The summed E-state index contributed by atoms with van der Waals surface area (Å²) >= 11 is 0. The second kappa shape index (κ2) is 19.3. The summed E-state index contributed by atoms with van der Waals surface area (Å²) < 4.78 is 0. The van der Waals surface area contributed by atoms with Crippen molar-refractivity contribution in [2.45, 2.75) is 103 Å². The second-order valence-corrected chi connectivity index (χ2v) is 6.29. The van der Waals surface area contributed by atoms with E-state index in [2.05, 4.69) is 25.7 Å². The first kappa shape index (κ1) is 24.5. The van der Waals surface area contributed by atoms with Crippen molar-refractivity contribution in [1.82, 2.24) is 5.32 Å². The number of nitrogens with one attached hydrogen (secondary N) is 1. The minimum atomic E-state index is -0.0542. The predicted molar refractivity (Wildman–Crippen MR) is 99.3 cm³/mol. The van der Waals surface area contributed by atoms with E-state index in [1.807, 2.05) is 0 Å². The van der Waals surface area contributed by atoms with Gasteiger partial charge in [0.2, 0.25) is 5.91 Å². The average molecular weight is 319 g/mol. The van der Waals surface area contributed by atoms with Gasteiger partial charge in [0.15, 0.2) is 0 Å². The summed E-state index contributed by atoms with van der Waals surface area (Å²) in [6, 6.07) is 0.277. The third kappa shape index (κ3) is 18.3. The van der Waals surface area contributed by atoms with Gasteiger partial charge in [0.25, 0.3) is 0 Å². The molecule has 0 aliphatic heterocycles. The molecule has 0 aliphatic carbocycles. The Morgan fingerprint density at radius 1 is 0.909 bits per heavy atom. The minimum absolute atomic E-state index is 0. The van der Waals surface area contributed by atoms with Gasteiger partial charge in [0, 0.05) is 35.6 Å². The van der Waals surface area contributed by atoms with Gasteiger partial charge in [-0.1, -0.05) is 90.6 Å². The van der Waals surface area contributed by atoms with Crippen molar-refractivity contribution in [3.8, 4) is 0 Å².